The summed E-state index contributed by atoms with van der Waals surface area (Å²) in [4.78, 5) is 0. The molecule has 0 fully saturated rings. The molecule has 0 heteroatoms. The third-order valence-corrected chi connectivity index (χ3v) is 7.94. The van der Waals surface area contributed by atoms with Crippen molar-refractivity contribution < 1.29 is 0 Å². The SMILES string of the molecule is C=Cc1c2c(cc3c1CC1(C3)Cc3cc4c(c(C=C)c3C1)CCC4)CCC2. The zero-order chi connectivity index (χ0) is 18.2. The van der Waals surface area contributed by atoms with Crippen LogP contribution in [0, 0.1) is 5.41 Å². The van der Waals surface area contributed by atoms with E-state index >= 15 is 0 Å². The van der Waals surface area contributed by atoms with Crippen molar-refractivity contribution in [3.05, 3.63) is 80.9 Å². The van der Waals surface area contributed by atoms with Gasteiger partial charge in [-0.25, -0.2) is 0 Å². The normalized spacial score (nSPS) is 20.4. The lowest BCUT2D eigenvalue weighted by atomic mass is 9.81. The molecule has 4 aliphatic carbocycles. The van der Waals surface area contributed by atoms with Gasteiger partial charge in [0.1, 0.15) is 0 Å². The summed E-state index contributed by atoms with van der Waals surface area (Å²) in [6, 6.07) is 5.13. The van der Waals surface area contributed by atoms with Crippen molar-refractivity contribution in [3.63, 3.8) is 0 Å². The number of rotatable bonds is 2. The first-order valence-corrected chi connectivity index (χ1v) is 10.8. The Morgan fingerprint density at radius 1 is 0.593 bits per heavy atom. The zero-order valence-corrected chi connectivity index (χ0v) is 16.3. The molecule has 27 heavy (non-hydrogen) atoms. The number of aryl methyl sites for hydroxylation is 2. The van der Waals surface area contributed by atoms with Gasteiger partial charge in [0.15, 0.2) is 0 Å². The second kappa shape index (κ2) is 5.47. The third kappa shape index (κ3) is 2.10. The molecule has 0 amide bonds. The Labute approximate surface area is 163 Å². The number of fused-ring (bicyclic) bond motifs is 4. The molecule has 0 unspecified atom stereocenters. The van der Waals surface area contributed by atoms with Crippen LogP contribution >= 0.6 is 0 Å². The molecule has 2 aromatic carbocycles. The van der Waals surface area contributed by atoms with Crippen molar-refractivity contribution in [1.29, 1.82) is 0 Å². The van der Waals surface area contributed by atoms with E-state index in [1.54, 1.807) is 44.5 Å². The second-order valence-electron chi connectivity index (χ2n) is 9.45. The van der Waals surface area contributed by atoms with Crippen LogP contribution in [-0.2, 0) is 51.4 Å². The van der Waals surface area contributed by atoms with E-state index in [9.17, 15) is 0 Å². The maximum Gasteiger partial charge on any atom is -0.0135 e. The summed E-state index contributed by atoms with van der Waals surface area (Å²) >= 11 is 0. The van der Waals surface area contributed by atoms with Gasteiger partial charge in [0.25, 0.3) is 0 Å². The highest BCUT2D eigenvalue weighted by atomic mass is 14.5. The van der Waals surface area contributed by atoms with E-state index in [4.69, 9.17) is 0 Å². The third-order valence-electron chi connectivity index (χ3n) is 7.94. The van der Waals surface area contributed by atoms with Gasteiger partial charge in [0.05, 0.1) is 0 Å². The van der Waals surface area contributed by atoms with E-state index in [1.807, 2.05) is 0 Å². The Morgan fingerprint density at radius 2 is 1.07 bits per heavy atom. The van der Waals surface area contributed by atoms with Gasteiger partial charge in [-0.1, -0.05) is 37.4 Å². The minimum Gasteiger partial charge on any atom is -0.0984 e. The van der Waals surface area contributed by atoms with E-state index in [0.717, 1.165) is 0 Å². The van der Waals surface area contributed by atoms with Crippen LogP contribution in [0.15, 0.2) is 25.3 Å². The van der Waals surface area contributed by atoms with E-state index in [0.29, 0.717) is 5.41 Å². The molecule has 0 aliphatic heterocycles. The fraction of sp³-hybridized carbons (Fsp3) is 0.407. The van der Waals surface area contributed by atoms with Crippen LogP contribution in [0.2, 0.25) is 0 Å². The van der Waals surface area contributed by atoms with Crippen LogP contribution < -0.4 is 0 Å². The van der Waals surface area contributed by atoms with Crippen LogP contribution in [0.5, 0.6) is 0 Å². The maximum absolute atomic E-state index is 4.20. The second-order valence-corrected chi connectivity index (χ2v) is 9.45. The van der Waals surface area contributed by atoms with E-state index in [2.05, 4.69) is 37.4 Å². The first-order chi connectivity index (χ1) is 13.2. The van der Waals surface area contributed by atoms with Crippen molar-refractivity contribution in [1.82, 2.24) is 0 Å². The summed E-state index contributed by atoms with van der Waals surface area (Å²) in [5.41, 5.74) is 16.4. The average molecular weight is 353 g/mol. The summed E-state index contributed by atoms with van der Waals surface area (Å²) in [5.74, 6) is 0. The molecule has 0 saturated carbocycles. The molecule has 0 aromatic heterocycles. The van der Waals surface area contributed by atoms with Gasteiger partial charge in [-0.2, -0.15) is 0 Å². The van der Waals surface area contributed by atoms with Gasteiger partial charge < -0.3 is 0 Å². The molecular weight excluding hydrogens is 324 g/mol. The Kier molecular flexibility index (Phi) is 3.23. The molecule has 0 bridgehead atoms. The lowest BCUT2D eigenvalue weighted by molar-refractivity contribution is 0.326. The molecule has 0 nitrogen and oxygen atoms in total. The molecular formula is C27H28. The molecule has 4 aliphatic rings. The van der Waals surface area contributed by atoms with E-state index < -0.39 is 0 Å². The highest BCUT2D eigenvalue weighted by Crippen LogP contribution is 2.51. The van der Waals surface area contributed by atoms with Crippen molar-refractivity contribution in [2.24, 2.45) is 5.41 Å². The van der Waals surface area contributed by atoms with Crippen molar-refractivity contribution in [3.8, 4) is 0 Å². The number of benzene rings is 2. The zero-order valence-electron chi connectivity index (χ0n) is 16.3. The van der Waals surface area contributed by atoms with E-state index in [-0.39, 0.29) is 0 Å². The summed E-state index contributed by atoms with van der Waals surface area (Å²) in [7, 11) is 0. The quantitative estimate of drug-likeness (QED) is 0.637. The Balaban J connectivity index is 1.43. The monoisotopic (exact) mass is 352 g/mol. The van der Waals surface area contributed by atoms with Gasteiger partial charge in [-0.05, 0) is 125 Å². The predicted molar refractivity (Wildman–Crippen MR) is 114 cm³/mol. The molecule has 0 saturated heterocycles. The van der Waals surface area contributed by atoms with E-state index in [1.165, 1.54) is 75.3 Å². The van der Waals surface area contributed by atoms with Gasteiger partial charge in [-0.3, -0.25) is 0 Å². The molecule has 0 heterocycles. The lowest BCUT2D eigenvalue weighted by Crippen LogP contribution is -2.21. The van der Waals surface area contributed by atoms with Crippen LogP contribution in [0.25, 0.3) is 12.2 Å². The Morgan fingerprint density at radius 3 is 1.52 bits per heavy atom. The number of hydrogen-bond acceptors (Lipinski definition) is 0. The molecule has 0 atom stereocenters. The molecule has 6 rings (SSSR count). The fourth-order valence-corrected chi connectivity index (χ4v) is 6.93. The topological polar surface area (TPSA) is 0 Å². The van der Waals surface area contributed by atoms with Gasteiger partial charge in [0, 0.05) is 0 Å². The predicted octanol–water partition coefficient (Wildman–Crippen LogP) is 5.83. The average Bonchev–Trinajstić information content (AvgIpc) is 3.42. The Hall–Kier alpha value is -2.08. The van der Waals surface area contributed by atoms with Crippen LogP contribution in [0.4, 0.5) is 0 Å². The summed E-state index contributed by atoms with van der Waals surface area (Å²) in [5, 5.41) is 0. The van der Waals surface area contributed by atoms with Crippen molar-refractivity contribution in [2.45, 2.75) is 64.2 Å². The maximum atomic E-state index is 4.20. The van der Waals surface area contributed by atoms with Crippen LogP contribution in [-0.4, -0.2) is 0 Å². The molecule has 1 spiro atoms. The lowest BCUT2D eigenvalue weighted by Gasteiger charge is -2.22. The standard InChI is InChI=1S/C27H28/c1-3-21-23-9-5-7-17(23)11-19-13-27(15-25(19)21)14-20-12-18-8-6-10-24(18)22(4-2)26(20)16-27/h3-4,11-12H,1-2,5-10,13-16H2. The largest absolute Gasteiger partial charge is 0.0984 e. The van der Waals surface area contributed by atoms with Crippen LogP contribution in [0.1, 0.15) is 68.5 Å². The summed E-state index contributed by atoms with van der Waals surface area (Å²) in [6.45, 7) is 8.39. The smallest absolute Gasteiger partial charge is 0.0135 e. The fourth-order valence-electron chi connectivity index (χ4n) is 6.93. The van der Waals surface area contributed by atoms with Crippen molar-refractivity contribution in [2.75, 3.05) is 0 Å². The number of hydrogen-bond donors (Lipinski definition) is 0. The minimum absolute atomic E-state index is 0.407. The summed E-state index contributed by atoms with van der Waals surface area (Å²) in [6.07, 6.45) is 17.0. The highest BCUT2D eigenvalue weighted by Gasteiger charge is 2.44. The molecule has 0 N–H and O–H groups in total. The first kappa shape index (κ1) is 15.9. The summed E-state index contributed by atoms with van der Waals surface area (Å²) < 4.78 is 0. The Bertz CT molecular complexity index is 934. The minimum atomic E-state index is 0.407. The van der Waals surface area contributed by atoms with Gasteiger partial charge in [-0.15, -0.1) is 0 Å². The van der Waals surface area contributed by atoms with Gasteiger partial charge in [0.2, 0.25) is 0 Å². The van der Waals surface area contributed by atoms with Crippen LogP contribution in [0.3, 0.4) is 0 Å². The highest BCUT2D eigenvalue weighted by molar-refractivity contribution is 5.67. The van der Waals surface area contributed by atoms with Gasteiger partial charge >= 0.3 is 0 Å². The first-order valence-electron chi connectivity index (χ1n) is 10.8. The molecule has 0 radical (unpaired) electrons. The molecule has 2 aromatic rings. The van der Waals surface area contributed by atoms with Crippen molar-refractivity contribution >= 4 is 12.2 Å². The molecule has 136 valence electrons.